The molecule has 3 N–H and O–H groups in total. The van der Waals surface area contributed by atoms with Crippen LogP contribution in [-0.2, 0) is 19.6 Å². The molecule has 0 fully saturated rings. The number of rotatable bonds is 25. The zero-order valence-electron chi connectivity index (χ0n) is 32.0. The van der Waals surface area contributed by atoms with Gasteiger partial charge >= 0.3 is 0 Å². The number of aliphatic imine (C=N–C) groups is 1. The first kappa shape index (κ1) is 44.2. The number of hydrogen-bond donors (Lipinski definition) is 3. The maximum Gasteiger partial charge on any atom is 0.278 e. The average molecular weight is 747 g/mol. The van der Waals surface area contributed by atoms with E-state index in [1.54, 1.807) is 26.8 Å². The van der Waals surface area contributed by atoms with Crippen LogP contribution in [-0.4, -0.2) is 56.4 Å². The summed E-state index contributed by atoms with van der Waals surface area (Å²) in [5.74, 6) is -1.21. The Morgan fingerprint density at radius 2 is 1.41 bits per heavy atom. The van der Waals surface area contributed by atoms with Crippen LogP contribution in [0.2, 0.25) is 5.02 Å². The fourth-order valence-corrected chi connectivity index (χ4v) is 7.15. The van der Waals surface area contributed by atoms with Crippen molar-refractivity contribution < 1.29 is 23.1 Å². The monoisotopic (exact) mass is 746 g/mol. The number of halogens is 1. The molecule has 0 saturated carbocycles. The topological polar surface area (TPSA) is 128 Å². The number of anilines is 3. The van der Waals surface area contributed by atoms with E-state index in [4.69, 9.17) is 11.6 Å². The maximum atomic E-state index is 13.6. The number of likely N-dealkylation sites (N-methyl/N-ethyl adjacent to an activating group) is 1. The van der Waals surface area contributed by atoms with Gasteiger partial charge in [-0.05, 0) is 62.2 Å². The lowest BCUT2D eigenvalue weighted by molar-refractivity contribution is -0.121. The van der Waals surface area contributed by atoms with Crippen molar-refractivity contribution >= 4 is 61.8 Å². The average Bonchev–Trinajstić information content (AvgIpc) is 3.07. The van der Waals surface area contributed by atoms with Gasteiger partial charge in [0.1, 0.15) is 0 Å². The summed E-state index contributed by atoms with van der Waals surface area (Å²) in [5.41, 5.74) is 1.32. The molecule has 0 unspecified atom stereocenters. The zero-order valence-corrected chi connectivity index (χ0v) is 33.5. The molecule has 0 radical (unpaired) electrons. The minimum absolute atomic E-state index is 0.000394. The molecule has 0 aliphatic rings. The third-order valence-corrected chi connectivity index (χ3v) is 10.6. The van der Waals surface area contributed by atoms with Crippen LogP contribution in [0.1, 0.15) is 130 Å². The van der Waals surface area contributed by atoms with Gasteiger partial charge < -0.3 is 15.3 Å². The summed E-state index contributed by atoms with van der Waals surface area (Å²) in [4.78, 5) is 33.7. The van der Waals surface area contributed by atoms with Crippen LogP contribution in [0.25, 0.3) is 0 Å². The molecule has 0 aliphatic heterocycles. The van der Waals surface area contributed by atoms with Crippen molar-refractivity contribution in [1.82, 2.24) is 0 Å². The summed E-state index contributed by atoms with van der Waals surface area (Å²) in [6, 6.07) is 9.97. The molecule has 0 aliphatic carbocycles. The van der Waals surface area contributed by atoms with Crippen molar-refractivity contribution in [2.24, 2.45) is 10.4 Å². The molecule has 0 aromatic heterocycles. The van der Waals surface area contributed by atoms with Gasteiger partial charge in [-0.15, -0.1) is 0 Å². The Morgan fingerprint density at radius 3 is 1.92 bits per heavy atom. The maximum absolute atomic E-state index is 13.6. The standard InChI is InChI=1S/C40H63ClN4O5S/c1-7-9-10-11-12-13-14-15-16-17-18-19-20-21-28-51(49,50)44-32-22-24-34(41)36(30-32)43-39(48)37(38(47)40(4,5)6)42-35-25-23-33(29-31(35)3)45(8-2)26-27-46/h22-25,29-30,44,46H,7-21,26-28H2,1-6H3,(H,43,48)/b42-37+. The van der Waals surface area contributed by atoms with E-state index >= 15 is 0 Å². The highest BCUT2D eigenvalue weighted by molar-refractivity contribution is 7.92. The number of nitrogens with one attached hydrogen (secondary N) is 2. The fourth-order valence-electron chi connectivity index (χ4n) is 5.82. The Hall–Kier alpha value is -2.95. The number of Topliss-reactive ketones (excluding diaryl/α,β-unsaturated/α-hetero) is 1. The van der Waals surface area contributed by atoms with Gasteiger partial charge in [0.15, 0.2) is 11.5 Å². The minimum Gasteiger partial charge on any atom is -0.395 e. The lowest BCUT2D eigenvalue weighted by Crippen LogP contribution is -2.37. The molecule has 1 amide bonds. The van der Waals surface area contributed by atoms with Crippen molar-refractivity contribution in [3.05, 3.63) is 47.0 Å². The number of aryl methyl sites for hydroxylation is 1. The van der Waals surface area contributed by atoms with Crippen molar-refractivity contribution in [1.29, 1.82) is 0 Å². The van der Waals surface area contributed by atoms with E-state index in [1.807, 2.05) is 30.9 Å². The van der Waals surface area contributed by atoms with Crippen LogP contribution >= 0.6 is 11.6 Å². The highest BCUT2D eigenvalue weighted by atomic mass is 35.5. The van der Waals surface area contributed by atoms with Gasteiger partial charge in [0.05, 0.1) is 34.4 Å². The molecule has 51 heavy (non-hydrogen) atoms. The van der Waals surface area contributed by atoms with Gasteiger partial charge in [-0.3, -0.25) is 14.3 Å². The first-order valence-corrected chi connectivity index (χ1v) is 21.0. The summed E-state index contributed by atoms with van der Waals surface area (Å²) in [7, 11) is -3.62. The third kappa shape index (κ3) is 16.5. The summed E-state index contributed by atoms with van der Waals surface area (Å²) in [5, 5.41) is 12.3. The first-order valence-electron chi connectivity index (χ1n) is 18.9. The number of amides is 1. The summed E-state index contributed by atoms with van der Waals surface area (Å²) in [6.07, 6.45) is 16.7. The molecule has 0 bridgehead atoms. The smallest absolute Gasteiger partial charge is 0.278 e. The molecule has 0 spiro atoms. The molecular weight excluding hydrogens is 684 g/mol. The molecule has 0 heterocycles. The quantitative estimate of drug-likeness (QED) is 0.0527. The van der Waals surface area contributed by atoms with Crippen LogP contribution in [0.15, 0.2) is 41.4 Å². The van der Waals surface area contributed by atoms with Crippen LogP contribution < -0.4 is 14.9 Å². The van der Waals surface area contributed by atoms with Crippen LogP contribution in [0.5, 0.6) is 0 Å². The van der Waals surface area contributed by atoms with E-state index in [2.05, 4.69) is 22.0 Å². The number of carbonyl (C=O) groups excluding carboxylic acids is 2. The summed E-state index contributed by atoms with van der Waals surface area (Å²) in [6.45, 7) is 12.4. The van der Waals surface area contributed by atoms with E-state index in [0.717, 1.165) is 30.5 Å². The molecule has 0 saturated heterocycles. The number of aliphatic hydroxyl groups excluding tert-OH is 1. The Labute approximate surface area is 313 Å². The van der Waals surface area contributed by atoms with Crippen molar-refractivity contribution in [2.75, 3.05) is 40.4 Å². The second kappa shape index (κ2) is 22.9. The van der Waals surface area contributed by atoms with Gasteiger partial charge in [-0.2, -0.15) is 0 Å². The predicted molar refractivity (Wildman–Crippen MR) is 216 cm³/mol. The van der Waals surface area contributed by atoms with Gasteiger partial charge in [0.25, 0.3) is 5.91 Å². The SMILES string of the molecule is CCCCCCCCCCCCCCCCS(=O)(=O)Nc1ccc(Cl)c(NC(=O)/C(=N/c2ccc(N(CC)CCO)cc2C)C(=O)C(C)(C)C)c1. The van der Waals surface area contributed by atoms with E-state index in [0.29, 0.717) is 25.2 Å². The lowest BCUT2D eigenvalue weighted by Gasteiger charge is -2.23. The van der Waals surface area contributed by atoms with Crippen LogP contribution in [0, 0.1) is 12.3 Å². The molecule has 0 atom stereocenters. The largest absolute Gasteiger partial charge is 0.395 e. The molecule has 2 rings (SSSR count). The van der Waals surface area contributed by atoms with E-state index in [1.165, 1.54) is 82.4 Å². The lowest BCUT2D eigenvalue weighted by atomic mass is 9.87. The number of aliphatic hydroxyl groups is 1. The highest BCUT2D eigenvalue weighted by Crippen LogP contribution is 2.29. The summed E-state index contributed by atoms with van der Waals surface area (Å²) >= 11 is 6.42. The van der Waals surface area contributed by atoms with Crippen LogP contribution in [0.3, 0.4) is 0 Å². The van der Waals surface area contributed by atoms with Crippen LogP contribution in [0.4, 0.5) is 22.7 Å². The molecule has 2 aromatic carbocycles. The molecule has 286 valence electrons. The molecule has 9 nitrogen and oxygen atoms in total. The fraction of sp³-hybridized carbons (Fsp3) is 0.625. The number of ketones is 1. The number of sulfonamides is 1. The van der Waals surface area contributed by atoms with Gasteiger partial charge in [-0.25, -0.2) is 13.4 Å². The minimum atomic E-state index is -3.62. The molecule has 2 aromatic rings. The Bertz CT molecular complexity index is 1520. The predicted octanol–water partition coefficient (Wildman–Crippen LogP) is 10.0. The van der Waals surface area contributed by atoms with Gasteiger partial charge in [0, 0.05) is 24.2 Å². The Balaban J connectivity index is 2.00. The number of nitrogens with zero attached hydrogens (tertiary/aromatic N) is 2. The van der Waals surface area contributed by atoms with Gasteiger partial charge in [-0.1, -0.05) is 123 Å². The Kier molecular flexibility index (Phi) is 19.8. The number of hydrogen-bond acceptors (Lipinski definition) is 7. The molecule has 11 heteroatoms. The molecular formula is C40H63ClN4O5S. The van der Waals surface area contributed by atoms with Gasteiger partial charge in [0.2, 0.25) is 10.0 Å². The second-order valence-corrected chi connectivity index (χ2v) is 16.7. The summed E-state index contributed by atoms with van der Waals surface area (Å²) < 4.78 is 28.4. The van der Waals surface area contributed by atoms with Crippen molar-refractivity contribution in [3.8, 4) is 0 Å². The first-order chi connectivity index (χ1) is 24.2. The van der Waals surface area contributed by atoms with Crippen molar-refractivity contribution in [3.63, 3.8) is 0 Å². The highest BCUT2D eigenvalue weighted by Gasteiger charge is 2.31. The zero-order chi connectivity index (χ0) is 37.9. The number of carbonyl (C=O) groups is 2. The second-order valence-electron chi connectivity index (χ2n) is 14.5. The Morgan fingerprint density at radius 1 is 0.843 bits per heavy atom. The van der Waals surface area contributed by atoms with E-state index in [9.17, 15) is 23.1 Å². The normalized spacial score (nSPS) is 12.2. The van der Waals surface area contributed by atoms with Crippen molar-refractivity contribution in [2.45, 2.75) is 131 Å². The van der Waals surface area contributed by atoms with E-state index in [-0.39, 0.29) is 34.5 Å². The third-order valence-electron chi connectivity index (χ3n) is 8.90. The number of unbranched alkanes of at least 4 members (excludes halogenated alkanes) is 13. The van der Waals surface area contributed by atoms with E-state index < -0.39 is 27.1 Å². The number of benzene rings is 2.